The molecule has 162 valence electrons. The van der Waals surface area contributed by atoms with Crippen molar-refractivity contribution in [1.29, 1.82) is 0 Å². The molecule has 0 atom stereocenters. The van der Waals surface area contributed by atoms with Crippen molar-refractivity contribution in [3.63, 3.8) is 0 Å². The summed E-state index contributed by atoms with van der Waals surface area (Å²) >= 11 is 0. The highest BCUT2D eigenvalue weighted by molar-refractivity contribution is 6.01. The van der Waals surface area contributed by atoms with E-state index < -0.39 is 5.97 Å². The summed E-state index contributed by atoms with van der Waals surface area (Å²) in [6.45, 7) is 0.163. The van der Waals surface area contributed by atoms with E-state index in [0.29, 0.717) is 11.3 Å². The maximum absolute atomic E-state index is 12.8. The van der Waals surface area contributed by atoms with E-state index in [0.717, 1.165) is 28.0 Å². The van der Waals surface area contributed by atoms with Crippen LogP contribution in [-0.2, 0) is 11.3 Å². The summed E-state index contributed by atoms with van der Waals surface area (Å²) in [5, 5.41) is 0. The van der Waals surface area contributed by atoms with Gasteiger partial charge in [-0.25, -0.2) is 9.79 Å². The summed E-state index contributed by atoms with van der Waals surface area (Å²) in [5.74, 6) is 3.49. The van der Waals surface area contributed by atoms with Gasteiger partial charge in [-0.2, -0.15) is 0 Å². The van der Waals surface area contributed by atoms with Crippen LogP contribution in [0.15, 0.2) is 114 Å². The first-order chi connectivity index (χ1) is 16.2. The van der Waals surface area contributed by atoms with Gasteiger partial charge in [-0.05, 0) is 46.8 Å². The van der Waals surface area contributed by atoms with E-state index in [9.17, 15) is 4.79 Å². The molecule has 0 radical (unpaired) electrons. The number of hydrogen-bond acceptors (Lipinski definition) is 4. The molecule has 0 aliphatic heterocycles. The van der Waals surface area contributed by atoms with Gasteiger partial charge in [-0.15, -0.1) is 0 Å². The Kier molecular flexibility index (Phi) is 7.11. The van der Waals surface area contributed by atoms with Crippen LogP contribution < -0.4 is 4.74 Å². The standard InChI is InChI=1S/C29H23NO3/c1-32-25-18-16-22(17-19-25)21-33-29(31)26-14-8-9-15-28(26)30-20-27(23-10-4-2-5-11-23)24-12-6-3-7-13-24/h2-19H,21H2,1H3. The van der Waals surface area contributed by atoms with Gasteiger partial charge in [0.2, 0.25) is 0 Å². The Bertz CT molecular complexity index is 1230. The van der Waals surface area contributed by atoms with Gasteiger partial charge in [0.25, 0.3) is 0 Å². The number of carbonyl (C=O) groups is 1. The van der Waals surface area contributed by atoms with Crippen LogP contribution in [0.4, 0.5) is 5.69 Å². The lowest BCUT2D eigenvalue weighted by atomic mass is 9.99. The molecule has 0 saturated carbocycles. The van der Waals surface area contributed by atoms with Gasteiger partial charge in [-0.3, -0.25) is 0 Å². The molecule has 4 aromatic carbocycles. The third-order valence-corrected chi connectivity index (χ3v) is 5.07. The van der Waals surface area contributed by atoms with Crippen LogP contribution in [0.5, 0.6) is 5.75 Å². The minimum absolute atomic E-state index is 0.163. The number of methoxy groups -OCH3 is 1. The molecule has 0 amide bonds. The van der Waals surface area contributed by atoms with Crippen molar-refractivity contribution in [3.8, 4) is 5.75 Å². The normalized spacial score (nSPS) is 10.1. The average Bonchev–Trinajstić information content (AvgIpc) is 2.89. The van der Waals surface area contributed by atoms with Crippen LogP contribution in [0, 0.1) is 0 Å². The largest absolute Gasteiger partial charge is 0.497 e. The molecule has 0 N–H and O–H groups in total. The lowest BCUT2D eigenvalue weighted by Gasteiger charge is -2.08. The molecule has 0 fully saturated rings. The van der Waals surface area contributed by atoms with Gasteiger partial charge in [0.1, 0.15) is 12.4 Å². The fraction of sp³-hybridized carbons (Fsp3) is 0.0690. The lowest BCUT2D eigenvalue weighted by Crippen LogP contribution is -2.05. The number of esters is 1. The molecule has 0 aromatic heterocycles. The maximum atomic E-state index is 12.8. The Balaban J connectivity index is 1.62. The molecule has 4 aromatic rings. The molecule has 0 spiro atoms. The van der Waals surface area contributed by atoms with Crippen LogP contribution in [0.1, 0.15) is 27.0 Å². The van der Waals surface area contributed by atoms with Crippen LogP contribution in [0.2, 0.25) is 0 Å². The number of para-hydroxylation sites is 1. The van der Waals surface area contributed by atoms with E-state index in [-0.39, 0.29) is 6.61 Å². The number of carbonyl (C=O) groups excluding carboxylic acids is 1. The summed E-state index contributed by atoms with van der Waals surface area (Å²) in [5.41, 5.74) is 4.60. The predicted octanol–water partition coefficient (Wildman–Crippen LogP) is 6.49. The van der Waals surface area contributed by atoms with Gasteiger partial charge in [0.05, 0.1) is 23.9 Å². The Morgan fingerprint density at radius 2 is 1.33 bits per heavy atom. The number of aliphatic imine (C=N–C) groups is 1. The highest BCUT2D eigenvalue weighted by atomic mass is 16.5. The summed E-state index contributed by atoms with van der Waals surface area (Å²) in [7, 11) is 1.61. The first-order valence-electron chi connectivity index (χ1n) is 10.6. The first kappa shape index (κ1) is 21.8. The summed E-state index contributed by atoms with van der Waals surface area (Å²) < 4.78 is 10.7. The van der Waals surface area contributed by atoms with Crippen molar-refractivity contribution in [2.45, 2.75) is 6.61 Å². The third-order valence-electron chi connectivity index (χ3n) is 5.07. The summed E-state index contributed by atoms with van der Waals surface area (Å²) in [6, 6.07) is 34.4. The molecule has 0 unspecified atom stereocenters. The molecular weight excluding hydrogens is 410 g/mol. The number of ether oxygens (including phenoxy) is 2. The van der Waals surface area contributed by atoms with Gasteiger partial charge in [0.15, 0.2) is 0 Å². The number of nitrogens with zero attached hydrogens (tertiary/aromatic N) is 1. The van der Waals surface area contributed by atoms with E-state index in [1.54, 1.807) is 25.3 Å². The van der Waals surface area contributed by atoms with Gasteiger partial charge in [0, 0.05) is 0 Å². The molecular formula is C29H23NO3. The highest BCUT2D eigenvalue weighted by Gasteiger charge is 2.12. The summed E-state index contributed by atoms with van der Waals surface area (Å²) in [6.07, 6.45) is 0. The third kappa shape index (κ3) is 5.65. The van der Waals surface area contributed by atoms with Crippen molar-refractivity contribution in [1.82, 2.24) is 0 Å². The number of benzene rings is 4. The van der Waals surface area contributed by atoms with Gasteiger partial charge in [-0.1, -0.05) is 84.9 Å². The monoisotopic (exact) mass is 433 g/mol. The van der Waals surface area contributed by atoms with Crippen LogP contribution >= 0.6 is 0 Å². The highest BCUT2D eigenvalue weighted by Crippen LogP contribution is 2.23. The topological polar surface area (TPSA) is 47.9 Å². The zero-order chi connectivity index (χ0) is 22.9. The first-order valence-corrected chi connectivity index (χ1v) is 10.6. The molecule has 0 aliphatic rings. The summed E-state index contributed by atoms with van der Waals surface area (Å²) in [4.78, 5) is 17.4. The molecule has 0 saturated heterocycles. The van der Waals surface area contributed by atoms with Crippen molar-refractivity contribution in [2.24, 2.45) is 4.99 Å². The maximum Gasteiger partial charge on any atom is 0.340 e. The Hall–Kier alpha value is -4.40. The number of rotatable bonds is 7. The Labute approximate surface area is 193 Å². The van der Waals surface area contributed by atoms with Gasteiger partial charge < -0.3 is 9.47 Å². The predicted molar refractivity (Wildman–Crippen MR) is 131 cm³/mol. The molecule has 0 bridgehead atoms. The molecule has 0 heterocycles. The van der Waals surface area contributed by atoms with Crippen molar-refractivity contribution in [3.05, 3.63) is 131 Å². The minimum atomic E-state index is -0.437. The molecule has 4 rings (SSSR count). The zero-order valence-corrected chi connectivity index (χ0v) is 18.3. The molecule has 4 nitrogen and oxygen atoms in total. The molecule has 4 heteroatoms. The van der Waals surface area contributed by atoms with Gasteiger partial charge >= 0.3 is 5.97 Å². The van der Waals surface area contributed by atoms with E-state index in [2.05, 4.69) is 10.9 Å². The SMILES string of the molecule is COc1ccc(COC(=O)c2ccccc2N=C=C(c2ccccc2)c2ccccc2)cc1. The zero-order valence-electron chi connectivity index (χ0n) is 18.3. The second-order valence-corrected chi connectivity index (χ2v) is 7.27. The molecule has 0 aliphatic carbocycles. The van der Waals surface area contributed by atoms with Crippen LogP contribution in [0.3, 0.4) is 0 Å². The minimum Gasteiger partial charge on any atom is -0.497 e. The van der Waals surface area contributed by atoms with Crippen molar-refractivity contribution in [2.75, 3.05) is 7.11 Å². The van der Waals surface area contributed by atoms with Crippen molar-refractivity contribution >= 4 is 23.1 Å². The van der Waals surface area contributed by atoms with E-state index >= 15 is 0 Å². The van der Waals surface area contributed by atoms with E-state index in [1.165, 1.54) is 0 Å². The van der Waals surface area contributed by atoms with E-state index in [4.69, 9.17) is 9.47 Å². The second-order valence-electron chi connectivity index (χ2n) is 7.27. The fourth-order valence-corrected chi connectivity index (χ4v) is 3.31. The lowest BCUT2D eigenvalue weighted by molar-refractivity contribution is 0.0474. The van der Waals surface area contributed by atoms with Crippen LogP contribution in [-0.4, -0.2) is 18.9 Å². The Morgan fingerprint density at radius 3 is 1.94 bits per heavy atom. The van der Waals surface area contributed by atoms with E-state index in [1.807, 2.05) is 91.0 Å². The fourth-order valence-electron chi connectivity index (χ4n) is 3.31. The smallest absolute Gasteiger partial charge is 0.340 e. The second kappa shape index (κ2) is 10.8. The average molecular weight is 434 g/mol. The van der Waals surface area contributed by atoms with Crippen LogP contribution in [0.25, 0.3) is 5.57 Å². The quantitative estimate of drug-likeness (QED) is 0.247. The number of hydrogen-bond donors (Lipinski definition) is 0. The molecule has 33 heavy (non-hydrogen) atoms. The Morgan fingerprint density at radius 1 is 0.758 bits per heavy atom. The van der Waals surface area contributed by atoms with Crippen molar-refractivity contribution < 1.29 is 14.3 Å².